The number of nitrogens with one attached hydrogen (secondary N) is 1. The van der Waals surface area contributed by atoms with Crippen molar-refractivity contribution in [3.8, 4) is 11.5 Å². The number of hydrogen-bond donors (Lipinski definition) is 1. The second kappa shape index (κ2) is 9.41. The van der Waals surface area contributed by atoms with Crippen LogP contribution in [0.1, 0.15) is 55.5 Å². The molecule has 4 rings (SSSR count). The zero-order valence-electron chi connectivity index (χ0n) is 18.3. The van der Waals surface area contributed by atoms with Gasteiger partial charge >= 0.3 is 0 Å². The Morgan fingerprint density at radius 2 is 1.74 bits per heavy atom. The number of carbonyl (C=O) groups is 2. The molecule has 0 saturated heterocycles. The van der Waals surface area contributed by atoms with Gasteiger partial charge in [-0.05, 0) is 75.1 Å². The topological polar surface area (TPSA) is 67.9 Å². The summed E-state index contributed by atoms with van der Waals surface area (Å²) in [5.41, 5.74) is 3.32. The normalized spacial score (nSPS) is 15.6. The molecule has 0 aromatic heterocycles. The predicted molar refractivity (Wildman–Crippen MR) is 121 cm³/mol. The Bertz CT molecular complexity index is 966. The van der Waals surface area contributed by atoms with E-state index in [1.54, 1.807) is 18.2 Å². The summed E-state index contributed by atoms with van der Waals surface area (Å²) in [5.74, 6) is 1.41. The van der Waals surface area contributed by atoms with Crippen LogP contribution in [0.5, 0.6) is 11.5 Å². The van der Waals surface area contributed by atoms with Gasteiger partial charge in [0.2, 0.25) is 5.91 Å². The molecule has 6 heteroatoms. The van der Waals surface area contributed by atoms with Crippen molar-refractivity contribution in [2.45, 2.75) is 46.0 Å². The molecule has 0 spiro atoms. The van der Waals surface area contributed by atoms with Crippen molar-refractivity contribution in [2.24, 2.45) is 5.92 Å². The molecule has 31 heavy (non-hydrogen) atoms. The highest BCUT2D eigenvalue weighted by atomic mass is 16.5. The number of benzene rings is 2. The average Bonchev–Trinajstić information content (AvgIpc) is 3.45. The van der Waals surface area contributed by atoms with Gasteiger partial charge in [0.05, 0.1) is 13.2 Å². The van der Waals surface area contributed by atoms with Crippen LogP contribution in [-0.4, -0.2) is 31.6 Å². The van der Waals surface area contributed by atoms with Crippen LogP contribution in [0.4, 0.5) is 11.4 Å². The maximum Gasteiger partial charge on any atom is 0.255 e. The number of ether oxygens (including phenoxy) is 2. The number of carbonyl (C=O) groups excluding carboxylic acids is 2. The minimum absolute atomic E-state index is 0.171. The fraction of sp³-hybridized carbons (Fsp3) is 0.440. The molecule has 1 heterocycles. The first kappa shape index (κ1) is 21.2. The van der Waals surface area contributed by atoms with Gasteiger partial charge in [-0.3, -0.25) is 9.59 Å². The fourth-order valence-corrected chi connectivity index (χ4v) is 4.50. The summed E-state index contributed by atoms with van der Waals surface area (Å²) < 4.78 is 11.2. The van der Waals surface area contributed by atoms with E-state index in [4.69, 9.17) is 9.47 Å². The smallest absolute Gasteiger partial charge is 0.255 e. The molecule has 1 N–H and O–H groups in total. The first-order valence-corrected chi connectivity index (χ1v) is 11.3. The Morgan fingerprint density at radius 1 is 1.00 bits per heavy atom. The SMILES string of the molecule is CCOc1ccc(C(=O)Nc2ccc3c(c2)CCN3C(=O)C2CCCC2)cc1OCC. The van der Waals surface area contributed by atoms with Crippen molar-refractivity contribution in [1.29, 1.82) is 0 Å². The number of hydrogen-bond acceptors (Lipinski definition) is 4. The summed E-state index contributed by atoms with van der Waals surface area (Å²) in [6.07, 6.45) is 5.13. The summed E-state index contributed by atoms with van der Waals surface area (Å²) >= 11 is 0. The Kier molecular flexibility index (Phi) is 6.44. The quantitative estimate of drug-likeness (QED) is 0.695. The molecule has 2 aromatic carbocycles. The molecule has 2 aliphatic rings. The highest BCUT2D eigenvalue weighted by Crippen LogP contribution is 2.35. The predicted octanol–water partition coefficient (Wildman–Crippen LogP) is 4.82. The van der Waals surface area contributed by atoms with Crippen LogP contribution < -0.4 is 19.7 Å². The van der Waals surface area contributed by atoms with Crippen molar-refractivity contribution in [3.05, 3.63) is 47.5 Å². The second-order valence-corrected chi connectivity index (χ2v) is 8.05. The van der Waals surface area contributed by atoms with Crippen molar-refractivity contribution in [3.63, 3.8) is 0 Å². The molecule has 0 radical (unpaired) electrons. The Balaban J connectivity index is 1.47. The maximum atomic E-state index is 12.9. The van der Waals surface area contributed by atoms with Crippen LogP contribution >= 0.6 is 0 Å². The lowest BCUT2D eigenvalue weighted by atomic mass is 10.1. The van der Waals surface area contributed by atoms with E-state index in [1.807, 2.05) is 36.9 Å². The van der Waals surface area contributed by atoms with E-state index in [0.717, 1.165) is 55.6 Å². The van der Waals surface area contributed by atoms with Crippen molar-refractivity contribution in [2.75, 3.05) is 30.0 Å². The number of rotatable bonds is 7. The van der Waals surface area contributed by atoms with Crippen LogP contribution in [-0.2, 0) is 11.2 Å². The number of amides is 2. The first-order chi connectivity index (χ1) is 15.1. The van der Waals surface area contributed by atoms with Crippen LogP contribution in [0, 0.1) is 5.92 Å². The Morgan fingerprint density at radius 3 is 2.48 bits per heavy atom. The van der Waals surface area contributed by atoms with Gasteiger partial charge in [-0.1, -0.05) is 12.8 Å². The van der Waals surface area contributed by atoms with Crippen LogP contribution in [0.3, 0.4) is 0 Å². The molecule has 1 aliphatic carbocycles. The lowest BCUT2D eigenvalue weighted by Gasteiger charge is -2.21. The summed E-state index contributed by atoms with van der Waals surface area (Å²) in [4.78, 5) is 27.6. The van der Waals surface area contributed by atoms with Crippen molar-refractivity contribution >= 4 is 23.2 Å². The molecule has 164 valence electrons. The van der Waals surface area contributed by atoms with Gasteiger partial charge in [-0.15, -0.1) is 0 Å². The Labute approximate surface area is 183 Å². The molecule has 0 atom stereocenters. The third-order valence-corrected chi connectivity index (χ3v) is 6.01. The van der Waals surface area contributed by atoms with Crippen LogP contribution in [0.25, 0.3) is 0 Å². The van der Waals surface area contributed by atoms with Crippen molar-refractivity contribution < 1.29 is 19.1 Å². The van der Waals surface area contributed by atoms with E-state index >= 15 is 0 Å². The van der Waals surface area contributed by atoms with E-state index in [-0.39, 0.29) is 17.7 Å². The molecule has 1 fully saturated rings. The molecule has 0 unspecified atom stereocenters. The summed E-state index contributed by atoms with van der Waals surface area (Å²) in [7, 11) is 0. The molecular formula is C25H30N2O4. The van der Waals surface area contributed by atoms with E-state index in [0.29, 0.717) is 30.3 Å². The zero-order chi connectivity index (χ0) is 21.8. The summed E-state index contributed by atoms with van der Waals surface area (Å²) in [6, 6.07) is 11.0. The van der Waals surface area contributed by atoms with Gasteiger partial charge in [-0.2, -0.15) is 0 Å². The minimum Gasteiger partial charge on any atom is -0.490 e. The van der Waals surface area contributed by atoms with E-state index < -0.39 is 0 Å². The fourth-order valence-electron chi connectivity index (χ4n) is 4.50. The van der Waals surface area contributed by atoms with Crippen LogP contribution in [0.15, 0.2) is 36.4 Å². The third-order valence-electron chi connectivity index (χ3n) is 6.01. The summed E-state index contributed by atoms with van der Waals surface area (Å²) in [5, 5.41) is 2.97. The minimum atomic E-state index is -0.208. The average molecular weight is 423 g/mol. The molecule has 1 saturated carbocycles. The van der Waals surface area contributed by atoms with Gasteiger partial charge in [0.15, 0.2) is 11.5 Å². The van der Waals surface area contributed by atoms with Gasteiger partial charge in [0.1, 0.15) is 0 Å². The lowest BCUT2D eigenvalue weighted by molar-refractivity contribution is -0.122. The highest BCUT2D eigenvalue weighted by molar-refractivity contribution is 6.05. The monoisotopic (exact) mass is 422 g/mol. The van der Waals surface area contributed by atoms with Crippen molar-refractivity contribution in [1.82, 2.24) is 0 Å². The van der Waals surface area contributed by atoms with Gasteiger partial charge < -0.3 is 19.7 Å². The molecule has 1 aliphatic heterocycles. The van der Waals surface area contributed by atoms with E-state index in [9.17, 15) is 9.59 Å². The summed E-state index contributed by atoms with van der Waals surface area (Å²) in [6.45, 7) is 5.55. The number of fused-ring (bicyclic) bond motifs is 1. The second-order valence-electron chi connectivity index (χ2n) is 8.05. The number of anilines is 2. The molecule has 6 nitrogen and oxygen atoms in total. The third kappa shape index (κ3) is 4.53. The first-order valence-electron chi connectivity index (χ1n) is 11.3. The Hall–Kier alpha value is -3.02. The highest BCUT2D eigenvalue weighted by Gasteiger charge is 2.31. The molecule has 2 amide bonds. The largest absolute Gasteiger partial charge is 0.490 e. The molecular weight excluding hydrogens is 392 g/mol. The van der Waals surface area contributed by atoms with E-state index in [1.165, 1.54) is 0 Å². The lowest BCUT2D eigenvalue weighted by Crippen LogP contribution is -2.33. The standard InChI is InChI=1S/C25H30N2O4/c1-3-30-22-12-9-19(16-23(22)31-4-2)24(28)26-20-10-11-21-18(15-20)13-14-27(21)25(29)17-7-5-6-8-17/h9-12,15-17H,3-8,13-14H2,1-2H3,(H,26,28). The van der Waals surface area contributed by atoms with Gasteiger partial charge in [-0.25, -0.2) is 0 Å². The maximum absolute atomic E-state index is 12.9. The number of nitrogens with zero attached hydrogens (tertiary/aromatic N) is 1. The van der Waals surface area contributed by atoms with Crippen LogP contribution in [0.2, 0.25) is 0 Å². The molecule has 0 bridgehead atoms. The van der Waals surface area contributed by atoms with Gasteiger partial charge in [0, 0.05) is 29.4 Å². The molecule has 2 aromatic rings. The van der Waals surface area contributed by atoms with Gasteiger partial charge in [0.25, 0.3) is 5.91 Å². The zero-order valence-corrected chi connectivity index (χ0v) is 18.3. The van der Waals surface area contributed by atoms with E-state index in [2.05, 4.69) is 5.32 Å².